The molecule has 21 heavy (non-hydrogen) atoms. The van der Waals surface area contributed by atoms with E-state index in [1.807, 2.05) is 6.07 Å². The number of carboxylic acid groups (broad SMARTS) is 1. The molecule has 0 aliphatic rings. The Morgan fingerprint density at radius 1 is 1.33 bits per heavy atom. The van der Waals surface area contributed by atoms with Crippen LogP contribution in [0.5, 0.6) is 5.75 Å². The quantitative estimate of drug-likeness (QED) is 0.809. The van der Waals surface area contributed by atoms with Crippen LogP contribution in [0, 0.1) is 11.3 Å². The minimum absolute atomic E-state index is 0.0839. The monoisotopic (exact) mass is 293 g/mol. The fourth-order valence-corrected chi connectivity index (χ4v) is 1.61. The van der Waals surface area contributed by atoms with Gasteiger partial charge >= 0.3 is 5.97 Å². The molecule has 0 bridgehead atoms. The van der Waals surface area contributed by atoms with E-state index in [9.17, 15) is 9.59 Å². The third-order valence-electron chi connectivity index (χ3n) is 2.88. The van der Waals surface area contributed by atoms with E-state index in [1.165, 1.54) is 13.8 Å². The highest BCUT2D eigenvalue weighted by Crippen LogP contribution is 2.23. The highest BCUT2D eigenvalue weighted by molar-refractivity contribution is 5.94. The topological polar surface area (TPSA) is 75.6 Å². The summed E-state index contributed by atoms with van der Waals surface area (Å²) in [4.78, 5) is 22.9. The second-order valence-electron chi connectivity index (χ2n) is 6.15. The number of carboxylic acids is 1. The number of ether oxygens (including phenoxy) is 1. The predicted octanol–water partition coefficient (Wildman–Crippen LogP) is 3.16. The Balaban J connectivity index is 2.64. The van der Waals surface area contributed by atoms with Gasteiger partial charge in [-0.1, -0.05) is 19.9 Å². The Kier molecular flexibility index (Phi) is 5.76. The smallest absolute Gasteiger partial charge is 0.309 e. The maximum Gasteiger partial charge on any atom is 0.309 e. The number of hydrogen-bond acceptors (Lipinski definition) is 3. The average Bonchev–Trinajstić information content (AvgIpc) is 2.35. The molecule has 0 fully saturated rings. The van der Waals surface area contributed by atoms with Crippen LogP contribution >= 0.6 is 0 Å². The highest BCUT2D eigenvalue weighted by Gasteiger charge is 2.30. The van der Waals surface area contributed by atoms with E-state index < -0.39 is 11.4 Å². The zero-order valence-electron chi connectivity index (χ0n) is 13.0. The summed E-state index contributed by atoms with van der Waals surface area (Å²) in [5, 5.41) is 11.7. The molecule has 0 heterocycles. The molecule has 5 heteroatoms. The van der Waals surface area contributed by atoms with Crippen LogP contribution in [0.25, 0.3) is 0 Å². The van der Waals surface area contributed by atoms with Gasteiger partial charge in [0, 0.05) is 18.2 Å². The van der Waals surface area contributed by atoms with Crippen LogP contribution in [0.4, 0.5) is 5.69 Å². The van der Waals surface area contributed by atoms with Crippen molar-refractivity contribution >= 4 is 17.6 Å². The SMILES string of the molecule is CC(C)COc1cccc(NC(=O)CC(C)(C)C(=O)O)c1. The first-order valence-electron chi connectivity index (χ1n) is 6.97. The van der Waals surface area contributed by atoms with Crippen molar-refractivity contribution in [3.05, 3.63) is 24.3 Å². The number of carbonyl (C=O) groups excluding carboxylic acids is 1. The van der Waals surface area contributed by atoms with E-state index in [0.29, 0.717) is 24.0 Å². The number of rotatable bonds is 7. The molecule has 0 aliphatic heterocycles. The number of benzene rings is 1. The predicted molar refractivity (Wildman–Crippen MR) is 81.4 cm³/mol. The van der Waals surface area contributed by atoms with Crippen molar-refractivity contribution in [2.45, 2.75) is 34.1 Å². The molecule has 0 aliphatic carbocycles. The van der Waals surface area contributed by atoms with Crippen LogP contribution in [-0.2, 0) is 9.59 Å². The summed E-state index contributed by atoms with van der Waals surface area (Å²) in [5.74, 6) is -0.228. The van der Waals surface area contributed by atoms with Gasteiger partial charge in [-0.15, -0.1) is 0 Å². The molecule has 0 unspecified atom stereocenters. The van der Waals surface area contributed by atoms with Crippen molar-refractivity contribution in [1.29, 1.82) is 0 Å². The molecule has 5 nitrogen and oxygen atoms in total. The number of amides is 1. The Morgan fingerprint density at radius 2 is 2.00 bits per heavy atom. The van der Waals surface area contributed by atoms with Crippen LogP contribution < -0.4 is 10.1 Å². The van der Waals surface area contributed by atoms with Crippen LogP contribution in [0.15, 0.2) is 24.3 Å². The molecular weight excluding hydrogens is 270 g/mol. The van der Waals surface area contributed by atoms with Crippen LogP contribution in [-0.4, -0.2) is 23.6 Å². The minimum atomic E-state index is -1.09. The van der Waals surface area contributed by atoms with E-state index in [2.05, 4.69) is 19.2 Å². The average molecular weight is 293 g/mol. The summed E-state index contributed by atoms with van der Waals surface area (Å²) in [6.07, 6.45) is -0.0839. The molecule has 0 aromatic heterocycles. The fourth-order valence-electron chi connectivity index (χ4n) is 1.61. The third kappa shape index (κ3) is 5.85. The lowest BCUT2D eigenvalue weighted by Gasteiger charge is -2.18. The Morgan fingerprint density at radius 3 is 2.57 bits per heavy atom. The van der Waals surface area contributed by atoms with Gasteiger partial charge in [0.15, 0.2) is 0 Å². The number of anilines is 1. The van der Waals surface area contributed by atoms with Gasteiger partial charge in [-0.05, 0) is 31.9 Å². The van der Waals surface area contributed by atoms with E-state index in [-0.39, 0.29) is 12.3 Å². The van der Waals surface area contributed by atoms with Gasteiger partial charge in [-0.25, -0.2) is 0 Å². The van der Waals surface area contributed by atoms with Crippen LogP contribution in [0.1, 0.15) is 34.1 Å². The molecule has 1 aromatic rings. The van der Waals surface area contributed by atoms with E-state index in [1.54, 1.807) is 18.2 Å². The maximum atomic E-state index is 11.9. The second-order valence-corrected chi connectivity index (χ2v) is 6.15. The molecule has 0 atom stereocenters. The van der Waals surface area contributed by atoms with Crippen LogP contribution in [0.3, 0.4) is 0 Å². The first-order chi connectivity index (χ1) is 9.70. The van der Waals surface area contributed by atoms with Crippen molar-refractivity contribution in [3.63, 3.8) is 0 Å². The van der Waals surface area contributed by atoms with Gasteiger partial charge in [-0.3, -0.25) is 9.59 Å². The molecule has 116 valence electrons. The number of aliphatic carboxylic acids is 1. The molecule has 2 N–H and O–H groups in total. The van der Waals surface area contributed by atoms with Crippen LogP contribution in [0.2, 0.25) is 0 Å². The van der Waals surface area contributed by atoms with Gasteiger partial charge in [0.05, 0.1) is 12.0 Å². The van der Waals surface area contributed by atoms with Crippen molar-refractivity contribution in [3.8, 4) is 5.75 Å². The van der Waals surface area contributed by atoms with Gasteiger partial charge in [0.2, 0.25) is 5.91 Å². The lowest BCUT2D eigenvalue weighted by atomic mass is 9.89. The summed E-state index contributed by atoms with van der Waals surface area (Å²) < 4.78 is 5.58. The zero-order valence-corrected chi connectivity index (χ0v) is 13.0. The van der Waals surface area contributed by atoms with Gasteiger partial charge in [0.1, 0.15) is 5.75 Å². The second kappa shape index (κ2) is 7.11. The number of hydrogen-bond donors (Lipinski definition) is 2. The maximum absolute atomic E-state index is 11.9. The van der Waals surface area contributed by atoms with Crippen molar-refractivity contribution in [1.82, 2.24) is 0 Å². The zero-order chi connectivity index (χ0) is 16.0. The summed E-state index contributed by atoms with van der Waals surface area (Å²) >= 11 is 0. The van der Waals surface area contributed by atoms with Gasteiger partial charge in [-0.2, -0.15) is 0 Å². The summed E-state index contributed by atoms with van der Waals surface area (Å²) in [6, 6.07) is 7.08. The molecule has 0 saturated heterocycles. The number of nitrogens with one attached hydrogen (secondary N) is 1. The van der Waals surface area contributed by atoms with Crippen molar-refractivity contribution in [2.24, 2.45) is 11.3 Å². The Labute approximate surface area is 125 Å². The minimum Gasteiger partial charge on any atom is -0.493 e. The molecule has 1 amide bonds. The largest absolute Gasteiger partial charge is 0.493 e. The summed E-state index contributed by atoms with van der Waals surface area (Å²) in [5.41, 5.74) is -0.488. The lowest BCUT2D eigenvalue weighted by Crippen LogP contribution is -2.29. The van der Waals surface area contributed by atoms with Crippen molar-refractivity contribution < 1.29 is 19.4 Å². The highest BCUT2D eigenvalue weighted by atomic mass is 16.5. The van der Waals surface area contributed by atoms with E-state index in [0.717, 1.165) is 0 Å². The molecule has 0 radical (unpaired) electrons. The van der Waals surface area contributed by atoms with E-state index >= 15 is 0 Å². The molecule has 0 saturated carbocycles. The summed E-state index contributed by atoms with van der Waals surface area (Å²) in [7, 11) is 0. The van der Waals surface area contributed by atoms with Crippen molar-refractivity contribution in [2.75, 3.05) is 11.9 Å². The van der Waals surface area contributed by atoms with Gasteiger partial charge < -0.3 is 15.2 Å². The number of carbonyl (C=O) groups is 2. The van der Waals surface area contributed by atoms with Gasteiger partial charge in [0.25, 0.3) is 0 Å². The molecular formula is C16H23NO4. The lowest BCUT2D eigenvalue weighted by molar-refractivity contribution is -0.148. The molecule has 1 aromatic carbocycles. The first-order valence-corrected chi connectivity index (χ1v) is 6.97. The Bertz CT molecular complexity index is 509. The normalized spacial score (nSPS) is 11.3. The third-order valence-corrected chi connectivity index (χ3v) is 2.88. The molecule has 0 spiro atoms. The molecule has 1 rings (SSSR count). The van der Waals surface area contributed by atoms with E-state index in [4.69, 9.17) is 9.84 Å². The Hall–Kier alpha value is -2.04. The summed E-state index contributed by atoms with van der Waals surface area (Å²) in [6.45, 7) is 7.76. The standard InChI is InChI=1S/C16H23NO4/c1-11(2)10-21-13-7-5-6-12(8-13)17-14(18)9-16(3,4)15(19)20/h5-8,11H,9-10H2,1-4H3,(H,17,18)(H,19,20). The fraction of sp³-hybridized carbons (Fsp3) is 0.500. The first kappa shape index (κ1) is 17.0.